The van der Waals surface area contributed by atoms with Crippen molar-refractivity contribution < 1.29 is 12.8 Å². The fourth-order valence-corrected chi connectivity index (χ4v) is 2.69. The zero-order valence-electron chi connectivity index (χ0n) is 9.93. The SMILES string of the molecule is CCS(=O)(=O)CC(C)N[C@@H](C)c1ccco1. The van der Waals surface area contributed by atoms with Gasteiger partial charge in [-0.15, -0.1) is 0 Å². The second-order valence-corrected chi connectivity index (χ2v) is 6.40. The van der Waals surface area contributed by atoms with Gasteiger partial charge in [0.1, 0.15) is 5.76 Å². The van der Waals surface area contributed by atoms with Gasteiger partial charge < -0.3 is 9.73 Å². The average Bonchev–Trinajstić information content (AvgIpc) is 2.69. The van der Waals surface area contributed by atoms with Gasteiger partial charge in [0, 0.05) is 11.8 Å². The maximum absolute atomic E-state index is 11.4. The van der Waals surface area contributed by atoms with Gasteiger partial charge in [0.25, 0.3) is 0 Å². The molecule has 0 amide bonds. The van der Waals surface area contributed by atoms with Crippen molar-refractivity contribution in [2.45, 2.75) is 32.9 Å². The lowest BCUT2D eigenvalue weighted by molar-refractivity contribution is 0.408. The average molecular weight is 245 g/mol. The lowest BCUT2D eigenvalue weighted by Crippen LogP contribution is -2.35. The van der Waals surface area contributed by atoms with E-state index in [0.717, 1.165) is 5.76 Å². The van der Waals surface area contributed by atoms with E-state index in [1.165, 1.54) is 0 Å². The van der Waals surface area contributed by atoms with Crippen molar-refractivity contribution in [1.29, 1.82) is 0 Å². The van der Waals surface area contributed by atoms with Crippen LogP contribution in [0.1, 0.15) is 32.6 Å². The molecule has 1 aromatic rings. The first-order chi connectivity index (χ1) is 7.44. The Morgan fingerprint density at radius 3 is 2.62 bits per heavy atom. The summed E-state index contributed by atoms with van der Waals surface area (Å²) in [4.78, 5) is 0. The smallest absolute Gasteiger partial charge is 0.151 e. The van der Waals surface area contributed by atoms with Crippen LogP contribution in [0, 0.1) is 0 Å². The number of furan rings is 1. The molecule has 5 heteroatoms. The van der Waals surface area contributed by atoms with Crippen LogP contribution in [0.2, 0.25) is 0 Å². The van der Waals surface area contributed by atoms with Crippen LogP contribution in [0.3, 0.4) is 0 Å². The van der Waals surface area contributed by atoms with Crippen molar-refractivity contribution in [2.75, 3.05) is 11.5 Å². The number of nitrogens with one attached hydrogen (secondary N) is 1. The molecule has 2 atom stereocenters. The summed E-state index contributed by atoms with van der Waals surface area (Å²) in [6.45, 7) is 5.48. The molecule has 0 saturated heterocycles. The van der Waals surface area contributed by atoms with Gasteiger partial charge in [0.05, 0.1) is 18.1 Å². The minimum atomic E-state index is -2.93. The van der Waals surface area contributed by atoms with Gasteiger partial charge >= 0.3 is 0 Å². The van der Waals surface area contributed by atoms with Crippen LogP contribution in [0.5, 0.6) is 0 Å². The largest absolute Gasteiger partial charge is 0.468 e. The Morgan fingerprint density at radius 2 is 2.12 bits per heavy atom. The zero-order valence-corrected chi connectivity index (χ0v) is 10.8. The summed E-state index contributed by atoms with van der Waals surface area (Å²) in [5.41, 5.74) is 0. The van der Waals surface area contributed by atoms with E-state index in [4.69, 9.17) is 4.42 Å². The molecule has 0 aliphatic rings. The van der Waals surface area contributed by atoms with Crippen LogP contribution in [-0.2, 0) is 9.84 Å². The fraction of sp³-hybridized carbons (Fsp3) is 0.636. The molecule has 0 fully saturated rings. The van der Waals surface area contributed by atoms with Gasteiger partial charge in [0.2, 0.25) is 0 Å². The minimum absolute atomic E-state index is 0.0251. The van der Waals surface area contributed by atoms with Gasteiger partial charge in [-0.1, -0.05) is 6.92 Å². The van der Waals surface area contributed by atoms with Crippen molar-refractivity contribution >= 4 is 9.84 Å². The number of hydrogen-bond donors (Lipinski definition) is 1. The van der Waals surface area contributed by atoms with E-state index in [1.54, 1.807) is 13.2 Å². The van der Waals surface area contributed by atoms with Crippen LogP contribution < -0.4 is 5.32 Å². The van der Waals surface area contributed by atoms with E-state index < -0.39 is 9.84 Å². The molecule has 0 saturated carbocycles. The highest BCUT2D eigenvalue weighted by molar-refractivity contribution is 7.91. The summed E-state index contributed by atoms with van der Waals surface area (Å²) >= 11 is 0. The zero-order chi connectivity index (χ0) is 12.2. The van der Waals surface area contributed by atoms with E-state index in [9.17, 15) is 8.42 Å². The molecule has 16 heavy (non-hydrogen) atoms. The third-order valence-corrected chi connectivity index (χ3v) is 4.34. The minimum Gasteiger partial charge on any atom is -0.468 e. The van der Waals surface area contributed by atoms with E-state index in [-0.39, 0.29) is 23.6 Å². The number of sulfone groups is 1. The lowest BCUT2D eigenvalue weighted by Gasteiger charge is -2.18. The Bertz CT molecular complexity index is 397. The summed E-state index contributed by atoms with van der Waals surface area (Å²) in [5, 5.41) is 3.20. The summed E-state index contributed by atoms with van der Waals surface area (Å²) in [6, 6.07) is 3.64. The van der Waals surface area contributed by atoms with E-state index >= 15 is 0 Å². The molecule has 0 aliphatic heterocycles. The van der Waals surface area contributed by atoms with Crippen molar-refractivity contribution in [3.63, 3.8) is 0 Å². The normalized spacial score (nSPS) is 15.9. The van der Waals surface area contributed by atoms with E-state index in [1.807, 2.05) is 26.0 Å². The number of hydrogen-bond acceptors (Lipinski definition) is 4. The molecule has 1 heterocycles. The lowest BCUT2D eigenvalue weighted by atomic mass is 10.2. The first-order valence-corrected chi connectivity index (χ1v) is 7.26. The topological polar surface area (TPSA) is 59.3 Å². The molecule has 0 aromatic carbocycles. The highest BCUT2D eigenvalue weighted by Gasteiger charge is 2.17. The molecule has 1 unspecified atom stereocenters. The fourth-order valence-electron chi connectivity index (χ4n) is 1.59. The molecule has 0 spiro atoms. The third-order valence-electron chi connectivity index (χ3n) is 2.45. The first-order valence-electron chi connectivity index (χ1n) is 5.44. The summed E-state index contributed by atoms with van der Waals surface area (Å²) < 4.78 is 28.1. The molecule has 0 radical (unpaired) electrons. The second-order valence-electron chi connectivity index (χ2n) is 4.00. The Kier molecular flexibility index (Phi) is 4.56. The highest BCUT2D eigenvalue weighted by atomic mass is 32.2. The van der Waals surface area contributed by atoms with Crippen molar-refractivity contribution in [3.05, 3.63) is 24.2 Å². The van der Waals surface area contributed by atoms with Crippen molar-refractivity contribution in [1.82, 2.24) is 5.32 Å². The molecule has 0 bridgehead atoms. The van der Waals surface area contributed by atoms with Crippen LogP contribution >= 0.6 is 0 Å². The van der Waals surface area contributed by atoms with Crippen LogP contribution in [0.15, 0.2) is 22.8 Å². The van der Waals surface area contributed by atoms with Gasteiger partial charge in [-0.05, 0) is 26.0 Å². The Hall–Kier alpha value is -0.810. The number of rotatable bonds is 6. The third kappa shape index (κ3) is 3.98. The van der Waals surface area contributed by atoms with Crippen molar-refractivity contribution in [3.8, 4) is 0 Å². The Morgan fingerprint density at radius 1 is 1.44 bits per heavy atom. The molecule has 4 nitrogen and oxygen atoms in total. The summed E-state index contributed by atoms with van der Waals surface area (Å²) in [6.07, 6.45) is 1.61. The van der Waals surface area contributed by atoms with Crippen LogP contribution in [0.4, 0.5) is 0 Å². The van der Waals surface area contributed by atoms with Crippen molar-refractivity contribution in [2.24, 2.45) is 0 Å². The molecule has 0 aliphatic carbocycles. The highest BCUT2D eigenvalue weighted by Crippen LogP contribution is 2.13. The summed E-state index contributed by atoms with van der Waals surface area (Å²) in [5.74, 6) is 1.17. The quantitative estimate of drug-likeness (QED) is 0.829. The molecular formula is C11H19NO3S. The molecule has 1 aromatic heterocycles. The first kappa shape index (κ1) is 13.3. The van der Waals surface area contributed by atoms with Gasteiger partial charge in [-0.25, -0.2) is 8.42 Å². The predicted octanol–water partition coefficient (Wildman–Crippen LogP) is 1.75. The molecule has 1 rings (SSSR count). The second kappa shape index (κ2) is 5.50. The van der Waals surface area contributed by atoms with Gasteiger partial charge in [-0.3, -0.25) is 0 Å². The maximum atomic E-state index is 11.4. The monoisotopic (exact) mass is 245 g/mol. The van der Waals surface area contributed by atoms with E-state index in [2.05, 4.69) is 5.32 Å². The predicted molar refractivity (Wildman–Crippen MR) is 64.0 cm³/mol. The molecule has 1 N–H and O–H groups in total. The molecular weight excluding hydrogens is 226 g/mol. The van der Waals surface area contributed by atoms with Crippen LogP contribution in [0.25, 0.3) is 0 Å². The Balaban J connectivity index is 2.49. The van der Waals surface area contributed by atoms with Crippen LogP contribution in [-0.4, -0.2) is 26.0 Å². The summed E-state index contributed by atoms with van der Waals surface area (Å²) in [7, 11) is -2.93. The Labute approximate surface area is 97.0 Å². The van der Waals surface area contributed by atoms with Gasteiger partial charge in [-0.2, -0.15) is 0 Å². The van der Waals surface area contributed by atoms with E-state index in [0.29, 0.717) is 0 Å². The maximum Gasteiger partial charge on any atom is 0.151 e. The molecule has 92 valence electrons. The van der Waals surface area contributed by atoms with Gasteiger partial charge in [0.15, 0.2) is 9.84 Å². The standard InChI is InChI=1S/C11H19NO3S/c1-4-16(13,14)8-9(2)12-10(3)11-6-5-7-15-11/h5-7,9-10,12H,4,8H2,1-3H3/t9?,10-/m0/s1.